The maximum Gasteiger partial charge on any atom is 0.339 e. The normalized spacial score (nSPS) is 16.7. The standard InChI is InChI=1S/C64H62O14/c1-5-57(65)74-38-47(77-62(72)54-36-42(26-35-52(54)60(69)70)41-18-10-9-11-19-41)37-73-46-33-31-45(32-34-46)64(55-24-16-14-20-49(55)50-21-15-17-25-56(50)64)44-29-27-43(28-30-44)63(7-3,8-4)76-40-48(39-75-58(66)6-2)78-61(71)53-23-13-12-22-51(53)59(67)68/h5-6,10,12-21,24-36,47-48,51,53H,1-2,7-9,11,22-23,37-40H2,3-4H3,(H,67,68)(H,69,70). The van der Waals surface area contributed by atoms with Crippen molar-refractivity contribution in [2.75, 3.05) is 26.4 Å². The van der Waals surface area contributed by atoms with E-state index in [0.717, 1.165) is 69.5 Å². The molecule has 78 heavy (non-hydrogen) atoms. The molecule has 0 radical (unpaired) electrons. The Morgan fingerprint density at radius 1 is 0.654 bits per heavy atom. The summed E-state index contributed by atoms with van der Waals surface area (Å²) in [6, 6.07) is 36.9. The third-order valence-electron chi connectivity index (χ3n) is 14.8. The van der Waals surface area contributed by atoms with Gasteiger partial charge in [-0.15, -0.1) is 0 Å². The molecule has 402 valence electrons. The van der Waals surface area contributed by atoms with Gasteiger partial charge in [-0.3, -0.25) is 9.59 Å². The second-order valence-corrected chi connectivity index (χ2v) is 19.2. The van der Waals surface area contributed by atoms with Crippen molar-refractivity contribution in [2.24, 2.45) is 11.8 Å². The van der Waals surface area contributed by atoms with Gasteiger partial charge in [0.15, 0.2) is 12.2 Å². The number of allylic oxidation sites excluding steroid dienone is 6. The number of rotatable bonds is 24. The van der Waals surface area contributed by atoms with Gasteiger partial charge in [0.05, 0.1) is 40.6 Å². The summed E-state index contributed by atoms with van der Waals surface area (Å²) in [5.74, 6) is -6.96. The number of aromatic carboxylic acids is 1. The summed E-state index contributed by atoms with van der Waals surface area (Å²) in [4.78, 5) is 76.2. The molecule has 0 spiro atoms. The van der Waals surface area contributed by atoms with Crippen LogP contribution in [0.25, 0.3) is 16.7 Å². The smallest absolute Gasteiger partial charge is 0.339 e. The maximum atomic E-state index is 13.8. The van der Waals surface area contributed by atoms with Gasteiger partial charge in [-0.2, -0.15) is 0 Å². The van der Waals surface area contributed by atoms with E-state index in [4.69, 9.17) is 28.4 Å². The second-order valence-electron chi connectivity index (χ2n) is 19.2. The number of carboxylic acids is 2. The Bertz CT molecular complexity index is 3110. The molecular weight excluding hydrogens is 993 g/mol. The van der Waals surface area contributed by atoms with Crippen molar-refractivity contribution in [3.63, 3.8) is 0 Å². The van der Waals surface area contributed by atoms with E-state index >= 15 is 0 Å². The second kappa shape index (κ2) is 25.0. The zero-order valence-corrected chi connectivity index (χ0v) is 43.6. The molecule has 0 saturated carbocycles. The first-order valence-corrected chi connectivity index (χ1v) is 26.1. The van der Waals surface area contributed by atoms with Gasteiger partial charge < -0.3 is 38.6 Å². The molecule has 4 atom stereocenters. The van der Waals surface area contributed by atoms with Crippen molar-refractivity contribution in [3.05, 3.63) is 215 Å². The van der Waals surface area contributed by atoms with Gasteiger partial charge in [-0.1, -0.05) is 148 Å². The molecule has 0 aromatic heterocycles. The summed E-state index contributed by atoms with van der Waals surface area (Å²) in [5, 5.41) is 19.9. The molecule has 0 amide bonds. The van der Waals surface area contributed by atoms with Gasteiger partial charge in [0, 0.05) is 12.2 Å². The molecule has 0 aliphatic heterocycles. The Morgan fingerprint density at radius 2 is 1.23 bits per heavy atom. The molecule has 3 aliphatic carbocycles. The molecule has 0 bridgehead atoms. The van der Waals surface area contributed by atoms with Crippen LogP contribution in [0.15, 0.2) is 171 Å². The van der Waals surface area contributed by atoms with Crippen LogP contribution in [0.2, 0.25) is 0 Å². The van der Waals surface area contributed by atoms with Crippen LogP contribution in [0.4, 0.5) is 0 Å². The monoisotopic (exact) mass is 1050 g/mol. The lowest BCUT2D eigenvalue weighted by Gasteiger charge is -2.36. The van der Waals surface area contributed by atoms with E-state index in [1.165, 1.54) is 12.1 Å². The van der Waals surface area contributed by atoms with Crippen LogP contribution in [0, 0.1) is 11.8 Å². The van der Waals surface area contributed by atoms with Crippen molar-refractivity contribution in [1.29, 1.82) is 0 Å². The number of ether oxygens (including phenoxy) is 6. The third kappa shape index (κ3) is 11.8. The summed E-state index contributed by atoms with van der Waals surface area (Å²) in [5.41, 5.74) is 6.33. The van der Waals surface area contributed by atoms with E-state index in [2.05, 4.69) is 49.6 Å². The largest absolute Gasteiger partial charge is 0.490 e. The number of benzene rings is 5. The van der Waals surface area contributed by atoms with Crippen LogP contribution in [0.3, 0.4) is 0 Å². The fourth-order valence-electron chi connectivity index (χ4n) is 10.7. The number of hydrogen-bond donors (Lipinski definition) is 2. The maximum absolute atomic E-state index is 13.8. The lowest BCUT2D eigenvalue weighted by molar-refractivity contribution is -0.175. The van der Waals surface area contributed by atoms with Gasteiger partial charge in [0.1, 0.15) is 25.6 Å². The van der Waals surface area contributed by atoms with Crippen LogP contribution in [0.1, 0.15) is 106 Å². The van der Waals surface area contributed by atoms with E-state index in [1.807, 2.05) is 92.7 Å². The Kier molecular flexibility index (Phi) is 17.8. The minimum atomic E-state index is -1.31. The number of carbonyl (C=O) groups is 6. The molecule has 5 aromatic rings. The first kappa shape index (κ1) is 55.6. The predicted molar refractivity (Wildman–Crippen MR) is 292 cm³/mol. The van der Waals surface area contributed by atoms with Crippen molar-refractivity contribution in [1.82, 2.24) is 0 Å². The first-order valence-electron chi connectivity index (χ1n) is 26.1. The average Bonchev–Trinajstić information content (AvgIpc) is 3.81. The Balaban J connectivity index is 1.07. The van der Waals surface area contributed by atoms with E-state index in [1.54, 1.807) is 18.2 Å². The number of esters is 4. The topological polar surface area (TPSA) is 198 Å². The van der Waals surface area contributed by atoms with Crippen LogP contribution < -0.4 is 4.74 Å². The third-order valence-corrected chi connectivity index (χ3v) is 14.8. The van der Waals surface area contributed by atoms with Crippen LogP contribution in [-0.4, -0.2) is 84.7 Å². The molecule has 8 rings (SSSR count). The van der Waals surface area contributed by atoms with Crippen molar-refractivity contribution >= 4 is 41.4 Å². The molecule has 2 N–H and O–H groups in total. The summed E-state index contributed by atoms with van der Waals surface area (Å²) < 4.78 is 35.4. The zero-order valence-electron chi connectivity index (χ0n) is 43.6. The van der Waals surface area contributed by atoms with Gasteiger partial charge in [-0.05, 0) is 113 Å². The zero-order chi connectivity index (χ0) is 55.4. The molecule has 3 aliphatic rings. The highest BCUT2D eigenvalue weighted by atomic mass is 16.6. The summed E-state index contributed by atoms with van der Waals surface area (Å²) >= 11 is 0. The molecule has 0 saturated heterocycles. The van der Waals surface area contributed by atoms with Crippen molar-refractivity contribution in [2.45, 2.75) is 75.6 Å². The highest BCUT2D eigenvalue weighted by molar-refractivity contribution is 6.03. The van der Waals surface area contributed by atoms with E-state index in [9.17, 15) is 39.0 Å². The van der Waals surface area contributed by atoms with Gasteiger partial charge in [0.25, 0.3) is 0 Å². The quantitative estimate of drug-likeness (QED) is 0.0251. The Labute approximate surface area is 453 Å². The van der Waals surface area contributed by atoms with E-state index < -0.39 is 77.5 Å². The minimum absolute atomic E-state index is 0.155. The Morgan fingerprint density at radius 3 is 1.78 bits per heavy atom. The molecule has 0 heterocycles. The molecule has 4 unspecified atom stereocenters. The van der Waals surface area contributed by atoms with Gasteiger partial charge in [0.2, 0.25) is 0 Å². The number of carboxylic acid groups (broad SMARTS) is 2. The van der Waals surface area contributed by atoms with Crippen LogP contribution >= 0.6 is 0 Å². The van der Waals surface area contributed by atoms with Gasteiger partial charge in [-0.25, -0.2) is 19.2 Å². The van der Waals surface area contributed by atoms with Crippen molar-refractivity contribution < 1.29 is 67.4 Å². The number of fused-ring (bicyclic) bond motifs is 3. The summed E-state index contributed by atoms with van der Waals surface area (Å²) in [7, 11) is 0. The first-order chi connectivity index (χ1) is 37.8. The fourth-order valence-corrected chi connectivity index (χ4v) is 10.7. The lowest BCUT2D eigenvalue weighted by Crippen LogP contribution is -2.39. The molecule has 5 aromatic carbocycles. The molecule has 14 heteroatoms. The number of aliphatic carboxylic acids is 1. The van der Waals surface area contributed by atoms with Crippen molar-refractivity contribution in [3.8, 4) is 16.9 Å². The Hall–Kier alpha value is -8.62. The predicted octanol–water partition coefficient (Wildman–Crippen LogP) is 11.2. The van der Waals surface area contributed by atoms with E-state index in [0.29, 0.717) is 24.2 Å². The van der Waals surface area contributed by atoms with E-state index in [-0.39, 0.29) is 43.8 Å². The fraction of sp³-hybridized carbons (Fsp3) is 0.281. The number of hydrogen-bond acceptors (Lipinski definition) is 12. The summed E-state index contributed by atoms with van der Waals surface area (Å²) in [6.07, 6.45) is 12.3. The highest BCUT2D eigenvalue weighted by Crippen LogP contribution is 2.56. The molecule has 14 nitrogen and oxygen atoms in total. The highest BCUT2D eigenvalue weighted by Gasteiger charge is 2.46. The SMILES string of the molecule is C=CC(=O)OCC(COc1ccc(C2(c3ccc(C(CC)(CC)OCC(COC(=O)C=C)OC(=O)C4CC=CCC4C(=O)O)cc3)c3ccccc3-c3ccccc32)cc1)OC(=O)c1cc(C2=CCCC=C2)ccc1C(=O)O. The number of carbonyl (C=O) groups excluding carboxylic acids is 4. The summed E-state index contributed by atoms with van der Waals surface area (Å²) in [6.45, 7) is 9.79. The molecular formula is C64H62O14. The molecule has 0 fully saturated rings. The van der Waals surface area contributed by atoms with Crippen LogP contribution in [0.5, 0.6) is 5.75 Å². The lowest BCUT2D eigenvalue weighted by atomic mass is 9.67. The average molecular weight is 1060 g/mol. The van der Waals surface area contributed by atoms with Gasteiger partial charge >= 0.3 is 35.8 Å². The van der Waals surface area contributed by atoms with Crippen LogP contribution in [-0.2, 0) is 53.9 Å². The minimum Gasteiger partial charge on any atom is -0.490 e.